The van der Waals surface area contributed by atoms with E-state index in [-0.39, 0.29) is 5.41 Å². The highest BCUT2D eigenvalue weighted by molar-refractivity contribution is 5.80. The molecule has 1 aliphatic rings. The molecule has 1 aliphatic carbocycles. The normalized spacial score (nSPS) is 16.8. The molecule has 0 saturated carbocycles. The summed E-state index contributed by atoms with van der Waals surface area (Å²) in [4.78, 5) is 0. The second-order valence-corrected chi connectivity index (χ2v) is 6.28. The summed E-state index contributed by atoms with van der Waals surface area (Å²) in [6.07, 6.45) is 1.20. The molecule has 0 heteroatoms. The Labute approximate surface area is 116 Å². The number of fused-ring (bicyclic) bond motifs is 3. The van der Waals surface area contributed by atoms with Crippen LogP contribution in [0.2, 0.25) is 0 Å². The molecule has 1 atom stereocenters. The number of rotatable bonds is 2. The van der Waals surface area contributed by atoms with E-state index in [0.29, 0.717) is 5.92 Å². The van der Waals surface area contributed by atoms with E-state index >= 15 is 0 Å². The predicted octanol–water partition coefficient (Wildman–Crippen LogP) is 5.51. The first-order valence-corrected chi connectivity index (χ1v) is 7.30. The summed E-state index contributed by atoms with van der Waals surface area (Å²) >= 11 is 0. The van der Waals surface area contributed by atoms with Gasteiger partial charge in [0.15, 0.2) is 0 Å². The molecule has 0 aliphatic heterocycles. The van der Waals surface area contributed by atoms with Gasteiger partial charge in [0.25, 0.3) is 0 Å². The van der Waals surface area contributed by atoms with Gasteiger partial charge in [-0.2, -0.15) is 0 Å². The van der Waals surface area contributed by atoms with Crippen LogP contribution in [0.1, 0.15) is 56.7 Å². The maximum absolute atomic E-state index is 2.43. The second-order valence-electron chi connectivity index (χ2n) is 6.28. The highest BCUT2D eigenvalue weighted by atomic mass is 14.4. The van der Waals surface area contributed by atoms with Crippen LogP contribution in [0.5, 0.6) is 0 Å². The summed E-state index contributed by atoms with van der Waals surface area (Å²) in [5.41, 5.74) is 7.40. The Kier molecular flexibility index (Phi) is 2.78. The Morgan fingerprint density at radius 3 is 2.37 bits per heavy atom. The fourth-order valence-corrected chi connectivity index (χ4v) is 3.26. The number of hydrogen-bond acceptors (Lipinski definition) is 0. The van der Waals surface area contributed by atoms with Crippen LogP contribution in [0.25, 0.3) is 11.1 Å². The van der Waals surface area contributed by atoms with Gasteiger partial charge in [-0.1, -0.05) is 70.2 Å². The zero-order chi connectivity index (χ0) is 13.6. The zero-order valence-electron chi connectivity index (χ0n) is 12.3. The Hall–Kier alpha value is -1.56. The second kappa shape index (κ2) is 4.23. The van der Waals surface area contributed by atoms with Gasteiger partial charge in [-0.3, -0.25) is 0 Å². The smallest absolute Gasteiger partial charge is 0.0158 e. The van der Waals surface area contributed by atoms with Crippen molar-refractivity contribution in [2.75, 3.05) is 0 Å². The molecule has 0 amide bonds. The van der Waals surface area contributed by atoms with Gasteiger partial charge >= 0.3 is 0 Å². The molecule has 0 aromatic heterocycles. The van der Waals surface area contributed by atoms with E-state index in [0.717, 1.165) is 0 Å². The molecule has 0 fully saturated rings. The van der Waals surface area contributed by atoms with Gasteiger partial charge in [0, 0.05) is 5.41 Å². The van der Waals surface area contributed by atoms with Gasteiger partial charge in [-0.15, -0.1) is 0 Å². The third kappa shape index (κ3) is 1.74. The molecule has 0 bridgehead atoms. The molecule has 19 heavy (non-hydrogen) atoms. The molecule has 0 saturated heterocycles. The Morgan fingerprint density at radius 2 is 1.63 bits per heavy atom. The molecule has 2 aromatic carbocycles. The Balaban J connectivity index is 2.21. The Bertz CT molecular complexity index is 620. The Morgan fingerprint density at radius 1 is 0.947 bits per heavy atom. The number of hydrogen-bond donors (Lipinski definition) is 0. The molecule has 0 nitrogen and oxygen atoms in total. The van der Waals surface area contributed by atoms with Gasteiger partial charge in [0.05, 0.1) is 0 Å². The molecule has 98 valence electrons. The third-order valence-electron chi connectivity index (χ3n) is 4.79. The lowest BCUT2D eigenvalue weighted by Gasteiger charge is -2.22. The van der Waals surface area contributed by atoms with Gasteiger partial charge < -0.3 is 0 Å². The van der Waals surface area contributed by atoms with E-state index in [2.05, 4.69) is 70.2 Å². The molecule has 1 unspecified atom stereocenters. The van der Waals surface area contributed by atoms with E-state index in [1.165, 1.54) is 34.2 Å². The van der Waals surface area contributed by atoms with Crippen molar-refractivity contribution in [2.24, 2.45) is 0 Å². The van der Waals surface area contributed by atoms with Gasteiger partial charge in [0.2, 0.25) is 0 Å². The standard InChI is InChI=1S/C19H22/c1-5-13(2)14-10-11-16-15-8-6-7-9-17(15)19(3,4)18(16)12-14/h6-13H,5H2,1-4H3. The summed E-state index contributed by atoms with van der Waals surface area (Å²) in [5.74, 6) is 0.643. The van der Waals surface area contributed by atoms with Crippen LogP contribution < -0.4 is 0 Å². The zero-order valence-corrected chi connectivity index (χ0v) is 12.3. The van der Waals surface area contributed by atoms with Gasteiger partial charge in [-0.25, -0.2) is 0 Å². The molecular weight excluding hydrogens is 228 g/mol. The first kappa shape index (κ1) is 12.5. The van der Waals surface area contributed by atoms with Crippen molar-refractivity contribution in [3.8, 4) is 11.1 Å². The average molecular weight is 250 g/mol. The minimum atomic E-state index is 0.134. The fraction of sp³-hybridized carbons (Fsp3) is 0.368. The van der Waals surface area contributed by atoms with Crippen molar-refractivity contribution < 1.29 is 0 Å². The van der Waals surface area contributed by atoms with E-state index in [4.69, 9.17) is 0 Å². The first-order valence-electron chi connectivity index (χ1n) is 7.30. The monoisotopic (exact) mass is 250 g/mol. The van der Waals surface area contributed by atoms with Crippen molar-refractivity contribution in [2.45, 2.75) is 45.4 Å². The van der Waals surface area contributed by atoms with Crippen molar-refractivity contribution in [3.05, 3.63) is 59.2 Å². The first-order chi connectivity index (χ1) is 9.05. The van der Waals surface area contributed by atoms with Crippen molar-refractivity contribution >= 4 is 0 Å². The largest absolute Gasteiger partial charge is 0.0648 e. The van der Waals surface area contributed by atoms with Crippen molar-refractivity contribution in [1.29, 1.82) is 0 Å². The highest BCUT2D eigenvalue weighted by Gasteiger charge is 2.35. The van der Waals surface area contributed by atoms with Crippen LogP contribution in [-0.2, 0) is 5.41 Å². The van der Waals surface area contributed by atoms with Crippen LogP contribution in [0.3, 0.4) is 0 Å². The van der Waals surface area contributed by atoms with Crippen LogP contribution in [0.15, 0.2) is 42.5 Å². The molecule has 0 N–H and O–H groups in total. The minimum absolute atomic E-state index is 0.134. The predicted molar refractivity (Wildman–Crippen MR) is 82.7 cm³/mol. The van der Waals surface area contributed by atoms with Crippen LogP contribution in [-0.4, -0.2) is 0 Å². The summed E-state index contributed by atoms with van der Waals surface area (Å²) in [7, 11) is 0. The summed E-state index contributed by atoms with van der Waals surface area (Å²) in [5, 5.41) is 0. The highest BCUT2D eigenvalue weighted by Crippen LogP contribution is 2.49. The van der Waals surface area contributed by atoms with E-state index in [1.807, 2.05) is 0 Å². The van der Waals surface area contributed by atoms with Crippen LogP contribution in [0.4, 0.5) is 0 Å². The summed E-state index contributed by atoms with van der Waals surface area (Å²) in [6.45, 7) is 9.27. The van der Waals surface area contributed by atoms with E-state index in [1.54, 1.807) is 0 Å². The topological polar surface area (TPSA) is 0 Å². The third-order valence-corrected chi connectivity index (χ3v) is 4.79. The van der Waals surface area contributed by atoms with Gasteiger partial charge in [0.1, 0.15) is 0 Å². The molecule has 0 heterocycles. The van der Waals surface area contributed by atoms with E-state index < -0.39 is 0 Å². The number of benzene rings is 2. The minimum Gasteiger partial charge on any atom is -0.0648 e. The maximum atomic E-state index is 2.43. The maximum Gasteiger partial charge on any atom is 0.0158 e. The lowest BCUT2D eigenvalue weighted by Crippen LogP contribution is -2.15. The van der Waals surface area contributed by atoms with Crippen LogP contribution >= 0.6 is 0 Å². The molecule has 2 aromatic rings. The molecular formula is C19H22. The molecule has 0 radical (unpaired) electrons. The van der Waals surface area contributed by atoms with Crippen molar-refractivity contribution in [1.82, 2.24) is 0 Å². The van der Waals surface area contributed by atoms with E-state index in [9.17, 15) is 0 Å². The lowest BCUT2D eigenvalue weighted by atomic mass is 9.81. The molecule has 3 rings (SSSR count). The summed E-state index contributed by atoms with van der Waals surface area (Å²) in [6, 6.07) is 15.9. The SMILES string of the molecule is CCC(C)c1ccc2c(c1)C(C)(C)c1ccccc1-2. The lowest BCUT2D eigenvalue weighted by molar-refractivity contribution is 0.655. The van der Waals surface area contributed by atoms with Gasteiger partial charge in [-0.05, 0) is 40.2 Å². The quantitative estimate of drug-likeness (QED) is 0.659. The molecule has 0 spiro atoms. The summed E-state index contributed by atoms with van der Waals surface area (Å²) < 4.78 is 0. The van der Waals surface area contributed by atoms with Crippen LogP contribution in [0, 0.1) is 0 Å². The average Bonchev–Trinajstić information content (AvgIpc) is 2.67. The van der Waals surface area contributed by atoms with Crippen molar-refractivity contribution in [3.63, 3.8) is 0 Å². The fourth-order valence-electron chi connectivity index (χ4n) is 3.26.